The van der Waals surface area contributed by atoms with Crippen molar-refractivity contribution in [1.29, 1.82) is 0 Å². The second-order valence-corrected chi connectivity index (χ2v) is 2.83. The molecule has 0 radical (unpaired) electrons. The summed E-state index contributed by atoms with van der Waals surface area (Å²) in [5.41, 5.74) is 0.853. The van der Waals surface area contributed by atoms with Crippen LogP contribution < -0.4 is 0 Å². The van der Waals surface area contributed by atoms with E-state index in [2.05, 4.69) is 5.16 Å². The minimum atomic E-state index is 0.203. The molecule has 2 unspecified atom stereocenters. The zero-order valence-corrected chi connectivity index (χ0v) is 6.37. The van der Waals surface area contributed by atoms with Crippen LogP contribution in [-0.4, -0.2) is 23.1 Å². The number of rotatable bonds is 0. The average Bonchev–Trinajstić information content (AvgIpc) is 1.85. The molecule has 58 valence electrons. The molecule has 1 N–H and O–H groups in total. The molecule has 1 aliphatic heterocycles. The summed E-state index contributed by atoms with van der Waals surface area (Å²) in [6.45, 7) is 3.97. The summed E-state index contributed by atoms with van der Waals surface area (Å²) in [7, 11) is 0. The molecule has 0 amide bonds. The Bertz CT molecular complexity index is 133. The molecule has 1 saturated heterocycles. The van der Waals surface area contributed by atoms with Gasteiger partial charge in [-0.05, 0) is 13.8 Å². The summed E-state index contributed by atoms with van der Waals surface area (Å²) in [5, 5.41) is 11.6. The highest BCUT2D eigenvalue weighted by Crippen LogP contribution is 2.15. The van der Waals surface area contributed by atoms with E-state index in [0.29, 0.717) is 0 Å². The van der Waals surface area contributed by atoms with E-state index in [1.165, 1.54) is 0 Å². The van der Waals surface area contributed by atoms with E-state index >= 15 is 0 Å². The Hall–Kier alpha value is -0.570. The lowest BCUT2D eigenvalue weighted by atomic mass is 10.0. The Morgan fingerprint density at radius 2 is 1.90 bits per heavy atom. The van der Waals surface area contributed by atoms with Gasteiger partial charge in [0.25, 0.3) is 0 Å². The summed E-state index contributed by atoms with van der Waals surface area (Å²) < 4.78 is 5.43. The number of nitrogens with zero attached hydrogens (tertiary/aromatic N) is 1. The second kappa shape index (κ2) is 3.01. The van der Waals surface area contributed by atoms with Crippen molar-refractivity contribution in [1.82, 2.24) is 0 Å². The Balaban J connectivity index is 2.51. The molecule has 1 aliphatic rings. The van der Waals surface area contributed by atoms with Gasteiger partial charge in [-0.25, -0.2) is 0 Å². The lowest BCUT2D eigenvalue weighted by Crippen LogP contribution is -2.29. The summed E-state index contributed by atoms with van der Waals surface area (Å²) in [4.78, 5) is 0. The average molecular weight is 143 g/mol. The Morgan fingerprint density at radius 1 is 1.40 bits per heavy atom. The number of hydrogen-bond acceptors (Lipinski definition) is 3. The molecule has 0 bridgehead atoms. The van der Waals surface area contributed by atoms with Gasteiger partial charge < -0.3 is 9.94 Å². The van der Waals surface area contributed by atoms with Crippen molar-refractivity contribution in [3.05, 3.63) is 0 Å². The molecule has 0 spiro atoms. The number of hydrogen-bond donors (Lipinski definition) is 1. The molecule has 1 fully saturated rings. The zero-order chi connectivity index (χ0) is 7.56. The third-order valence-corrected chi connectivity index (χ3v) is 1.65. The van der Waals surface area contributed by atoms with Crippen LogP contribution in [0.2, 0.25) is 0 Å². The third kappa shape index (κ3) is 1.70. The summed E-state index contributed by atoms with van der Waals surface area (Å²) >= 11 is 0. The molecule has 0 aromatic heterocycles. The first-order chi connectivity index (χ1) is 4.72. The van der Waals surface area contributed by atoms with E-state index in [4.69, 9.17) is 9.94 Å². The topological polar surface area (TPSA) is 41.8 Å². The van der Waals surface area contributed by atoms with Gasteiger partial charge in [-0.1, -0.05) is 5.16 Å². The van der Waals surface area contributed by atoms with E-state index < -0.39 is 0 Å². The van der Waals surface area contributed by atoms with Crippen LogP contribution in [0.3, 0.4) is 0 Å². The standard InChI is InChI=1S/C7H13NO2/c1-5-3-7(8-9)4-6(2)10-5/h5-6,9H,3-4H2,1-2H3. The molecular formula is C7H13NO2. The van der Waals surface area contributed by atoms with E-state index in [9.17, 15) is 0 Å². The van der Waals surface area contributed by atoms with E-state index in [1.807, 2.05) is 13.8 Å². The van der Waals surface area contributed by atoms with Crippen LogP contribution in [0.4, 0.5) is 0 Å². The van der Waals surface area contributed by atoms with Crippen molar-refractivity contribution in [3.63, 3.8) is 0 Å². The molecule has 0 saturated carbocycles. The van der Waals surface area contributed by atoms with Gasteiger partial charge in [-0.3, -0.25) is 0 Å². The van der Waals surface area contributed by atoms with Crippen molar-refractivity contribution < 1.29 is 9.94 Å². The van der Waals surface area contributed by atoms with Crippen LogP contribution in [0, 0.1) is 0 Å². The highest BCUT2D eigenvalue weighted by Gasteiger charge is 2.20. The first-order valence-electron chi connectivity index (χ1n) is 3.57. The maximum Gasteiger partial charge on any atom is 0.0622 e. The van der Waals surface area contributed by atoms with Crippen molar-refractivity contribution in [3.8, 4) is 0 Å². The van der Waals surface area contributed by atoms with Crippen LogP contribution in [0.5, 0.6) is 0 Å². The molecular weight excluding hydrogens is 130 g/mol. The normalized spacial score (nSPS) is 34.0. The first kappa shape index (κ1) is 7.54. The van der Waals surface area contributed by atoms with Crippen LogP contribution >= 0.6 is 0 Å². The van der Waals surface area contributed by atoms with Gasteiger partial charge in [-0.15, -0.1) is 0 Å². The molecule has 10 heavy (non-hydrogen) atoms. The summed E-state index contributed by atoms with van der Waals surface area (Å²) in [6.07, 6.45) is 1.94. The summed E-state index contributed by atoms with van der Waals surface area (Å²) in [6, 6.07) is 0. The van der Waals surface area contributed by atoms with Gasteiger partial charge in [0.15, 0.2) is 0 Å². The van der Waals surface area contributed by atoms with Gasteiger partial charge in [0.05, 0.1) is 17.9 Å². The predicted molar refractivity (Wildman–Crippen MR) is 38.5 cm³/mol. The lowest BCUT2D eigenvalue weighted by Gasteiger charge is -2.25. The van der Waals surface area contributed by atoms with Gasteiger partial charge in [-0.2, -0.15) is 0 Å². The smallest absolute Gasteiger partial charge is 0.0622 e. The van der Waals surface area contributed by atoms with Crippen LogP contribution in [-0.2, 0) is 4.74 Å². The minimum Gasteiger partial charge on any atom is -0.411 e. The molecule has 0 aromatic carbocycles. The maximum atomic E-state index is 8.46. The SMILES string of the molecule is CC1CC(=NO)CC(C)O1. The minimum absolute atomic E-state index is 0.203. The van der Waals surface area contributed by atoms with Crippen molar-refractivity contribution in [2.75, 3.05) is 0 Å². The van der Waals surface area contributed by atoms with Gasteiger partial charge in [0, 0.05) is 12.8 Å². The summed E-state index contributed by atoms with van der Waals surface area (Å²) in [5.74, 6) is 0. The monoisotopic (exact) mass is 143 g/mol. The molecule has 0 aliphatic carbocycles. The van der Waals surface area contributed by atoms with E-state index in [1.54, 1.807) is 0 Å². The largest absolute Gasteiger partial charge is 0.411 e. The number of ether oxygens (including phenoxy) is 1. The molecule has 3 nitrogen and oxygen atoms in total. The Morgan fingerprint density at radius 3 is 2.30 bits per heavy atom. The Kier molecular flexibility index (Phi) is 2.27. The number of oxime groups is 1. The molecule has 0 aromatic rings. The van der Waals surface area contributed by atoms with Gasteiger partial charge >= 0.3 is 0 Å². The van der Waals surface area contributed by atoms with E-state index in [0.717, 1.165) is 18.6 Å². The van der Waals surface area contributed by atoms with Crippen LogP contribution in [0.15, 0.2) is 5.16 Å². The van der Waals surface area contributed by atoms with Crippen LogP contribution in [0.1, 0.15) is 26.7 Å². The highest BCUT2D eigenvalue weighted by atomic mass is 16.5. The predicted octanol–water partition coefficient (Wildman–Crippen LogP) is 1.40. The molecule has 1 heterocycles. The fourth-order valence-corrected chi connectivity index (χ4v) is 1.32. The van der Waals surface area contributed by atoms with Crippen molar-refractivity contribution >= 4 is 5.71 Å². The van der Waals surface area contributed by atoms with Crippen LogP contribution in [0.25, 0.3) is 0 Å². The van der Waals surface area contributed by atoms with Crippen molar-refractivity contribution in [2.45, 2.75) is 38.9 Å². The van der Waals surface area contributed by atoms with E-state index in [-0.39, 0.29) is 12.2 Å². The van der Waals surface area contributed by atoms with Gasteiger partial charge in [0.1, 0.15) is 0 Å². The van der Waals surface area contributed by atoms with Gasteiger partial charge in [0.2, 0.25) is 0 Å². The third-order valence-electron chi connectivity index (χ3n) is 1.65. The van der Waals surface area contributed by atoms with Crippen molar-refractivity contribution in [2.24, 2.45) is 5.16 Å². The quantitative estimate of drug-likeness (QED) is 0.411. The second-order valence-electron chi connectivity index (χ2n) is 2.83. The maximum absolute atomic E-state index is 8.46. The fraction of sp³-hybridized carbons (Fsp3) is 0.857. The fourth-order valence-electron chi connectivity index (χ4n) is 1.32. The molecule has 2 atom stereocenters. The highest BCUT2D eigenvalue weighted by molar-refractivity contribution is 5.85. The molecule has 1 rings (SSSR count). The lowest BCUT2D eigenvalue weighted by molar-refractivity contribution is 0.00257. The first-order valence-corrected chi connectivity index (χ1v) is 3.57. The molecule has 3 heteroatoms. The zero-order valence-electron chi connectivity index (χ0n) is 6.37. The Labute approximate surface area is 60.7 Å².